The van der Waals surface area contributed by atoms with Gasteiger partial charge in [-0.1, -0.05) is 0 Å². The maximum Gasteiger partial charge on any atom is 0.357 e. The fourth-order valence-electron chi connectivity index (χ4n) is 1.46. The van der Waals surface area contributed by atoms with Crippen LogP contribution in [0, 0.1) is 11.6 Å². The Hall–Kier alpha value is -2.70. The third-order valence-electron chi connectivity index (χ3n) is 2.44. The molecule has 0 atom stereocenters. The van der Waals surface area contributed by atoms with Crippen molar-refractivity contribution in [3.63, 3.8) is 0 Å². The molecule has 5 nitrogen and oxygen atoms in total. The molecule has 0 spiro atoms. The minimum atomic E-state index is -1.24. The molecular weight excluding hydrogens is 272 g/mol. The molecule has 0 amide bonds. The summed E-state index contributed by atoms with van der Waals surface area (Å²) in [5.41, 5.74) is -0.315. The smallest absolute Gasteiger partial charge is 0.357 e. The van der Waals surface area contributed by atoms with Crippen LogP contribution >= 0.6 is 0 Å². The van der Waals surface area contributed by atoms with Crippen molar-refractivity contribution in [1.82, 2.24) is 4.98 Å². The van der Waals surface area contributed by atoms with E-state index >= 15 is 0 Å². The van der Waals surface area contributed by atoms with Crippen molar-refractivity contribution < 1.29 is 27.8 Å². The average Bonchev–Trinajstić information content (AvgIpc) is 2.89. The van der Waals surface area contributed by atoms with Crippen molar-refractivity contribution in [3.8, 4) is 5.75 Å². The van der Waals surface area contributed by atoms with E-state index in [1.165, 1.54) is 31.4 Å². The number of hydrogen-bond acceptors (Lipinski definition) is 4. The average molecular weight is 281 g/mol. The molecule has 0 unspecified atom stereocenters. The van der Waals surface area contributed by atoms with Gasteiger partial charge in [-0.2, -0.15) is 4.39 Å². The van der Waals surface area contributed by atoms with E-state index in [0.29, 0.717) is 0 Å². The number of hydrogen-bond donors (Lipinski definition) is 1. The first-order valence-electron chi connectivity index (χ1n) is 5.42. The van der Waals surface area contributed by atoms with Gasteiger partial charge < -0.3 is 14.3 Å². The molecule has 1 heterocycles. The van der Waals surface area contributed by atoms with Crippen LogP contribution in [0.5, 0.6) is 5.75 Å². The SMILES string of the molecule is COc1ccc(C=Cc2nc(C(=O)O)co2)c(F)c1F. The van der Waals surface area contributed by atoms with Crippen LogP contribution < -0.4 is 4.74 Å². The van der Waals surface area contributed by atoms with E-state index < -0.39 is 17.6 Å². The number of carbonyl (C=O) groups is 1. The van der Waals surface area contributed by atoms with Gasteiger partial charge in [0, 0.05) is 11.6 Å². The van der Waals surface area contributed by atoms with Gasteiger partial charge in [-0.25, -0.2) is 14.2 Å². The second-order valence-electron chi connectivity index (χ2n) is 3.69. The second kappa shape index (κ2) is 5.52. The van der Waals surface area contributed by atoms with E-state index in [-0.39, 0.29) is 22.9 Å². The van der Waals surface area contributed by atoms with Crippen LogP contribution in [0.1, 0.15) is 21.9 Å². The van der Waals surface area contributed by atoms with Crippen LogP contribution in [0.4, 0.5) is 8.78 Å². The van der Waals surface area contributed by atoms with Gasteiger partial charge in [-0.3, -0.25) is 0 Å². The molecule has 0 saturated carbocycles. The van der Waals surface area contributed by atoms with Crippen molar-refractivity contribution in [2.45, 2.75) is 0 Å². The Morgan fingerprint density at radius 1 is 1.35 bits per heavy atom. The molecule has 0 aliphatic carbocycles. The maximum atomic E-state index is 13.6. The molecule has 2 rings (SSSR count). The first kappa shape index (κ1) is 13.7. The maximum absolute atomic E-state index is 13.6. The molecule has 1 aromatic carbocycles. The van der Waals surface area contributed by atoms with Gasteiger partial charge in [0.15, 0.2) is 17.3 Å². The van der Waals surface area contributed by atoms with Crippen molar-refractivity contribution >= 4 is 18.1 Å². The van der Waals surface area contributed by atoms with Crippen molar-refractivity contribution in [1.29, 1.82) is 0 Å². The van der Waals surface area contributed by atoms with Gasteiger partial charge in [0.1, 0.15) is 6.26 Å². The van der Waals surface area contributed by atoms with Crippen LogP contribution in [0.25, 0.3) is 12.2 Å². The van der Waals surface area contributed by atoms with Crippen LogP contribution in [0.15, 0.2) is 22.8 Å². The first-order chi connectivity index (χ1) is 9.52. The molecule has 0 aliphatic rings. The molecule has 2 aromatic rings. The normalized spacial score (nSPS) is 10.9. The quantitative estimate of drug-likeness (QED) is 0.932. The number of halogens is 2. The van der Waals surface area contributed by atoms with Gasteiger partial charge in [0.2, 0.25) is 11.7 Å². The summed E-state index contributed by atoms with van der Waals surface area (Å²) in [5.74, 6) is -3.66. The summed E-state index contributed by atoms with van der Waals surface area (Å²) in [6, 6.07) is 2.59. The van der Waals surface area contributed by atoms with Gasteiger partial charge in [-0.05, 0) is 18.2 Å². The number of rotatable bonds is 4. The molecule has 104 valence electrons. The summed E-state index contributed by atoms with van der Waals surface area (Å²) in [6.45, 7) is 0. The summed E-state index contributed by atoms with van der Waals surface area (Å²) in [4.78, 5) is 14.2. The largest absolute Gasteiger partial charge is 0.494 e. The summed E-state index contributed by atoms with van der Waals surface area (Å²) in [6.07, 6.45) is 3.40. The molecule has 1 N–H and O–H groups in total. The number of carboxylic acids is 1. The molecule has 0 saturated heterocycles. The zero-order chi connectivity index (χ0) is 14.7. The van der Waals surface area contributed by atoms with Crippen LogP contribution in [0.2, 0.25) is 0 Å². The molecule has 0 aliphatic heterocycles. The van der Waals surface area contributed by atoms with E-state index in [1.54, 1.807) is 0 Å². The highest BCUT2D eigenvalue weighted by atomic mass is 19.2. The number of aromatic nitrogens is 1. The van der Waals surface area contributed by atoms with E-state index in [2.05, 4.69) is 9.72 Å². The number of oxazole rings is 1. The van der Waals surface area contributed by atoms with Gasteiger partial charge >= 0.3 is 5.97 Å². The standard InChI is InChI=1S/C13H9F2NO4/c1-19-9-4-2-7(11(14)12(9)15)3-5-10-16-8(6-20-10)13(17)18/h2-6H,1H3,(H,17,18). The van der Waals surface area contributed by atoms with Crippen LogP contribution in [-0.4, -0.2) is 23.2 Å². The highest BCUT2D eigenvalue weighted by Crippen LogP contribution is 2.23. The minimum Gasteiger partial charge on any atom is -0.494 e. The van der Waals surface area contributed by atoms with Crippen molar-refractivity contribution in [3.05, 3.63) is 47.2 Å². The number of aromatic carboxylic acids is 1. The molecule has 0 radical (unpaired) electrons. The number of benzene rings is 1. The Labute approximate surface area is 112 Å². The summed E-state index contributed by atoms with van der Waals surface area (Å²) >= 11 is 0. The fourth-order valence-corrected chi connectivity index (χ4v) is 1.46. The van der Waals surface area contributed by atoms with Gasteiger partial charge in [-0.15, -0.1) is 0 Å². The van der Waals surface area contributed by atoms with Crippen LogP contribution in [-0.2, 0) is 0 Å². The highest BCUT2D eigenvalue weighted by Gasteiger charge is 2.12. The summed E-state index contributed by atoms with van der Waals surface area (Å²) in [7, 11) is 1.23. The first-order valence-corrected chi connectivity index (χ1v) is 5.42. The van der Waals surface area contributed by atoms with E-state index in [9.17, 15) is 13.6 Å². The fraction of sp³-hybridized carbons (Fsp3) is 0.0769. The monoisotopic (exact) mass is 281 g/mol. The number of ether oxygens (including phenoxy) is 1. The Kier molecular flexibility index (Phi) is 3.79. The highest BCUT2D eigenvalue weighted by molar-refractivity contribution is 5.85. The van der Waals surface area contributed by atoms with Crippen molar-refractivity contribution in [2.24, 2.45) is 0 Å². The predicted molar refractivity (Wildman–Crippen MR) is 65.3 cm³/mol. The third kappa shape index (κ3) is 2.66. The lowest BCUT2D eigenvalue weighted by atomic mass is 10.2. The van der Waals surface area contributed by atoms with Gasteiger partial charge in [0.05, 0.1) is 7.11 Å². The van der Waals surface area contributed by atoms with Crippen molar-refractivity contribution in [2.75, 3.05) is 7.11 Å². The minimum absolute atomic E-state index is 0.0296. The number of nitrogens with zero attached hydrogens (tertiary/aromatic N) is 1. The lowest BCUT2D eigenvalue weighted by molar-refractivity contribution is 0.0690. The second-order valence-corrected chi connectivity index (χ2v) is 3.69. The Morgan fingerprint density at radius 2 is 2.10 bits per heavy atom. The van der Waals surface area contributed by atoms with Crippen LogP contribution in [0.3, 0.4) is 0 Å². The molecule has 7 heteroatoms. The summed E-state index contributed by atoms with van der Waals surface area (Å²) < 4.78 is 36.6. The topological polar surface area (TPSA) is 72.6 Å². The summed E-state index contributed by atoms with van der Waals surface area (Å²) in [5, 5.41) is 8.65. The van der Waals surface area contributed by atoms with E-state index in [1.807, 2.05) is 0 Å². The lowest BCUT2D eigenvalue weighted by Crippen LogP contribution is -1.95. The Morgan fingerprint density at radius 3 is 2.70 bits per heavy atom. The molecule has 20 heavy (non-hydrogen) atoms. The van der Waals surface area contributed by atoms with E-state index in [0.717, 1.165) is 6.26 Å². The zero-order valence-corrected chi connectivity index (χ0v) is 10.3. The predicted octanol–water partition coefficient (Wildman–Crippen LogP) is 2.83. The number of carboxylic acid groups (broad SMARTS) is 1. The Bertz CT molecular complexity index is 679. The molecule has 0 fully saturated rings. The lowest BCUT2D eigenvalue weighted by Gasteiger charge is -2.04. The number of methoxy groups -OCH3 is 1. The molecular formula is C13H9F2NO4. The van der Waals surface area contributed by atoms with Gasteiger partial charge in [0.25, 0.3) is 0 Å². The molecule has 1 aromatic heterocycles. The van der Waals surface area contributed by atoms with E-state index in [4.69, 9.17) is 9.52 Å². The third-order valence-corrected chi connectivity index (χ3v) is 2.44. The zero-order valence-electron chi connectivity index (χ0n) is 10.3. The molecule has 0 bridgehead atoms. The Balaban J connectivity index is 2.27.